The van der Waals surface area contributed by atoms with Gasteiger partial charge in [-0.05, 0) is 28.1 Å². The van der Waals surface area contributed by atoms with Crippen molar-refractivity contribution in [1.29, 1.82) is 0 Å². The summed E-state index contributed by atoms with van der Waals surface area (Å²) in [5, 5.41) is 0. The topological polar surface area (TPSA) is 13.6 Å². The van der Waals surface area contributed by atoms with E-state index in [4.69, 9.17) is 6.57 Å². The van der Waals surface area contributed by atoms with Crippen molar-refractivity contribution in [2.75, 3.05) is 0 Å². The standard InChI is InChI=1S/C9H5BrF3NO/c1-14-5-6-2-3-7(10)8(4-6)15-9(11,12)13/h2-4H,5H2. The van der Waals surface area contributed by atoms with Gasteiger partial charge in [0.2, 0.25) is 6.54 Å². The molecule has 1 aromatic carbocycles. The van der Waals surface area contributed by atoms with Crippen molar-refractivity contribution in [3.05, 3.63) is 39.7 Å². The van der Waals surface area contributed by atoms with Gasteiger partial charge in [0.1, 0.15) is 5.75 Å². The molecule has 0 unspecified atom stereocenters. The number of ether oxygens (including phenoxy) is 1. The van der Waals surface area contributed by atoms with Gasteiger partial charge >= 0.3 is 6.36 Å². The summed E-state index contributed by atoms with van der Waals surface area (Å²) in [6.07, 6.45) is -4.72. The molecule has 1 rings (SSSR count). The maximum absolute atomic E-state index is 11.9. The van der Waals surface area contributed by atoms with Gasteiger partial charge in [0, 0.05) is 5.56 Å². The summed E-state index contributed by atoms with van der Waals surface area (Å²) in [6.45, 7) is 6.62. The molecule has 0 amide bonds. The first kappa shape index (κ1) is 11.9. The van der Waals surface area contributed by atoms with E-state index in [-0.39, 0.29) is 16.8 Å². The number of hydrogen-bond acceptors (Lipinski definition) is 1. The second kappa shape index (κ2) is 4.53. The van der Waals surface area contributed by atoms with E-state index in [1.165, 1.54) is 12.1 Å². The Labute approximate surface area is 92.6 Å². The molecule has 0 aromatic heterocycles. The molecule has 80 valence electrons. The smallest absolute Gasteiger partial charge is 0.405 e. The highest BCUT2D eigenvalue weighted by Crippen LogP contribution is 2.31. The summed E-state index contributed by atoms with van der Waals surface area (Å²) in [5.74, 6) is -0.330. The molecule has 0 heterocycles. The quantitative estimate of drug-likeness (QED) is 0.752. The van der Waals surface area contributed by atoms with Crippen molar-refractivity contribution in [2.24, 2.45) is 0 Å². The average molecular weight is 280 g/mol. The molecule has 2 nitrogen and oxygen atoms in total. The van der Waals surface area contributed by atoms with Crippen molar-refractivity contribution in [2.45, 2.75) is 12.9 Å². The van der Waals surface area contributed by atoms with Gasteiger partial charge in [-0.3, -0.25) is 0 Å². The average Bonchev–Trinajstić information content (AvgIpc) is 2.09. The number of alkyl halides is 3. The largest absolute Gasteiger partial charge is 0.573 e. The lowest BCUT2D eigenvalue weighted by molar-refractivity contribution is -0.274. The Kier molecular flexibility index (Phi) is 3.58. The molecule has 0 radical (unpaired) electrons. The van der Waals surface area contributed by atoms with E-state index < -0.39 is 6.36 Å². The maximum Gasteiger partial charge on any atom is 0.573 e. The molecular formula is C9H5BrF3NO. The monoisotopic (exact) mass is 279 g/mol. The zero-order valence-electron chi connectivity index (χ0n) is 7.31. The van der Waals surface area contributed by atoms with Gasteiger partial charge in [-0.25, -0.2) is 6.57 Å². The lowest BCUT2D eigenvalue weighted by atomic mass is 10.2. The molecule has 0 aliphatic heterocycles. The Morgan fingerprint density at radius 1 is 1.40 bits per heavy atom. The Bertz CT molecular complexity index is 397. The Morgan fingerprint density at radius 3 is 2.60 bits per heavy atom. The van der Waals surface area contributed by atoms with Crippen LogP contribution < -0.4 is 4.74 Å². The first-order valence-electron chi connectivity index (χ1n) is 3.80. The minimum atomic E-state index is -4.72. The molecular weight excluding hydrogens is 275 g/mol. The summed E-state index contributed by atoms with van der Waals surface area (Å²) in [5.41, 5.74) is 0.479. The van der Waals surface area contributed by atoms with Crippen LogP contribution in [-0.4, -0.2) is 6.36 Å². The van der Waals surface area contributed by atoms with Crippen LogP contribution in [0, 0.1) is 6.57 Å². The van der Waals surface area contributed by atoms with E-state index >= 15 is 0 Å². The van der Waals surface area contributed by atoms with Crippen LogP contribution in [0.3, 0.4) is 0 Å². The molecule has 0 spiro atoms. The van der Waals surface area contributed by atoms with Crippen LogP contribution in [0.15, 0.2) is 22.7 Å². The highest BCUT2D eigenvalue weighted by molar-refractivity contribution is 9.10. The fourth-order valence-corrected chi connectivity index (χ4v) is 1.27. The minimum Gasteiger partial charge on any atom is -0.405 e. The van der Waals surface area contributed by atoms with Crippen LogP contribution >= 0.6 is 15.9 Å². The molecule has 1 aromatic rings. The minimum absolute atomic E-state index is 0.0293. The van der Waals surface area contributed by atoms with Crippen LogP contribution in [0.25, 0.3) is 4.85 Å². The first-order valence-corrected chi connectivity index (χ1v) is 4.59. The first-order chi connectivity index (χ1) is 6.92. The highest BCUT2D eigenvalue weighted by atomic mass is 79.9. The third-order valence-corrected chi connectivity index (χ3v) is 2.14. The molecule has 0 atom stereocenters. The molecule has 0 aliphatic rings. The van der Waals surface area contributed by atoms with Gasteiger partial charge in [-0.2, -0.15) is 0 Å². The number of halogens is 4. The molecule has 6 heteroatoms. The van der Waals surface area contributed by atoms with Gasteiger partial charge in [0.05, 0.1) is 4.47 Å². The molecule has 0 saturated carbocycles. The molecule has 0 fully saturated rings. The maximum atomic E-state index is 11.9. The number of hydrogen-bond donors (Lipinski definition) is 0. The number of rotatable bonds is 2. The van der Waals surface area contributed by atoms with Crippen LogP contribution in [0.1, 0.15) is 5.56 Å². The van der Waals surface area contributed by atoms with Gasteiger partial charge in [-0.1, -0.05) is 6.07 Å². The van der Waals surface area contributed by atoms with Crippen LogP contribution in [-0.2, 0) is 6.54 Å². The summed E-state index contributed by atoms with van der Waals surface area (Å²) in [6, 6.07) is 4.17. The summed E-state index contributed by atoms with van der Waals surface area (Å²) < 4.78 is 39.8. The predicted octanol–water partition coefficient (Wildman–Crippen LogP) is 3.77. The Morgan fingerprint density at radius 2 is 2.07 bits per heavy atom. The van der Waals surface area contributed by atoms with Crippen molar-refractivity contribution in [1.82, 2.24) is 0 Å². The van der Waals surface area contributed by atoms with Crippen LogP contribution in [0.4, 0.5) is 13.2 Å². The van der Waals surface area contributed by atoms with E-state index in [0.717, 1.165) is 0 Å². The van der Waals surface area contributed by atoms with Crippen molar-refractivity contribution < 1.29 is 17.9 Å². The number of nitrogens with zero attached hydrogens (tertiary/aromatic N) is 1. The third kappa shape index (κ3) is 3.80. The molecule has 0 N–H and O–H groups in total. The third-order valence-electron chi connectivity index (χ3n) is 1.48. The van der Waals surface area contributed by atoms with Gasteiger partial charge in [0.25, 0.3) is 0 Å². The van der Waals surface area contributed by atoms with Gasteiger partial charge < -0.3 is 9.58 Å². The van der Waals surface area contributed by atoms with E-state index in [2.05, 4.69) is 25.5 Å². The van der Waals surface area contributed by atoms with Crippen LogP contribution in [0.5, 0.6) is 5.75 Å². The fourth-order valence-electron chi connectivity index (χ4n) is 0.940. The van der Waals surface area contributed by atoms with Gasteiger partial charge in [0.15, 0.2) is 0 Å². The SMILES string of the molecule is [C-]#[N+]Cc1ccc(Br)c(OC(F)(F)F)c1. The normalized spacial score (nSPS) is 10.9. The van der Waals surface area contributed by atoms with E-state index in [9.17, 15) is 13.2 Å². The summed E-state index contributed by atoms with van der Waals surface area (Å²) in [7, 11) is 0. The summed E-state index contributed by atoms with van der Waals surface area (Å²) >= 11 is 2.93. The Balaban J connectivity index is 2.96. The van der Waals surface area contributed by atoms with E-state index in [0.29, 0.717) is 5.56 Å². The molecule has 0 bridgehead atoms. The molecule has 0 saturated heterocycles. The predicted molar refractivity (Wildman–Crippen MR) is 51.1 cm³/mol. The lowest BCUT2D eigenvalue weighted by Gasteiger charge is -2.10. The molecule has 15 heavy (non-hydrogen) atoms. The van der Waals surface area contributed by atoms with Crippen molar-refractivity contribution >= 4 is 15.9 Å². The highest BCUT2D eigenvalue weighted by Gasteiger charge is 2.32. The molecule has 0 aliphatic carbocycles. The van der Waals surface area contributed by atoms with E-state index in [1.807, 2.05) is 0 Å². The van der Waals surface area contributed by atoms with Crippen molar-refractivity contribution in [3.8, 4) is 5.75 Å². The number of benzene rings is 1. The zero-order valence-corrected chi connectivity index (χ0v) is 8.89. The fraction of sp³-hybridized carbons (Fsp3) is 0.222. The second-order valence-electron chi connectivity index (χ2n) is 2.63. The van der Waals surface area contributed by atoms with Crippen LogP contribution in [0.2, 0.25) is 0 Å². The second-order valence-corrected chi connectivity index (χ2v) is 3.48. The zero-order chi connectivity index (χ0) is 11.5. The van der Waals surface area contributed by atoms with E-state index in [1.54, 1.807) is 6.07 Å². The summed E-state index contributed by atoms with van der Waals surface area (Å²) in [4.78, 5) is 3.07. The Hall–Kier alpha value is -1.22. The lowest BCUT2D eigenvalue weighted by Crippen LogP contribution is -2.17. The van der Waals surface area contributed by atoms with Crippen molar-refractivity contribution in [3.63, 3.8) is 0 Å². The van der Waals surface area contributed by atoms with Gasteiger partial charge in [-0.15, -0.1) is 13.2 Å².